The van der Waals surface area contributed by atoms with E-state index in [1.165, 1.54) is 5.56 Å². The number of carbonyl (C=O) groups is 1. The number of methoxy groups -OCH3 is 1. The van der Waals surface area contributed by atoms with Crippen LogP contribution in [0.25, 0.3) is 0 Å². The standard InChI is InChI=1S/C42H40BrN3O3/c1-48-37-25-23-36(24-26-37)44-41(47)45-27-11-12-28-46-38(29-45)40(31-19-21-35(43)22-20-31)39(46)30-49-42(32-13-5-2-6-14-32,33-15-7-3-8-16-33)34-17-9-4-10-18-34/h2-26,38-40H,27-30H2,1H3,(H,44,47)/b12-11-/t38-,39+,40+/m0/s1. The van der Waals surface area contributed by atoms with Gasteiger partial charge in [-0.25, -0.2) is 4.79 Å². The summed E-state index contributed by atoms with van der Waals surface area (Å²) in [5.74, 6) is 0.898. The van der Waals surface area contributed by atoms with Crippen LogP contribution in [-0.2, 0) is 10.3 Å². The molecule has 0 saturated carbocycles. The van der Waals surface area contributed by atoms with Crippen molar-refractivity contribution in [3.63, 3.8) is 0 Å². The van der Waals surface area contributed by atoms with E-state index < -0.39 is 5.60 Å². The van der Waals surface area contributed by atoms with Crippen LogP contribution in [0.1, 0.15) is 28.2 Å². The Labute approximate surface area is 297 Å². The topological polar surface area (TPSA) is 54.0 Å². The highest BCUT2D eigenvalue weighted by atomic mass is 79.9. The number of urea groups is 1. The smallest absolute Gasteiger partial charge is 0.322 e. The predicted octanol–water partition coefficient (Wildman–Crippen LogP) is 8.71. The molecule has 0 aromatic heterocycles. The fraction of sp³-hybridized carbons (Fsp3) is 0.214. The lowest BCUT2D eigenvalue weighted by atomic mass is 9.74. The fourth-order valence-electron chi connectivity index (χ4n) is 7.35. The van der Waals surface area contributed by atoms with Crippen molar-refractivity contribution in [3.8, 4) is 5.75 Å². The fourth-order valence-corrected chi connectivity index (χ4v) is 7.62. The number of nitrogens with zero attached hydrogens (tertiary/aromatic N) is 2. The van der Waals surface area contributed by atoms with Crippen molar-refractivity contribution < 1.29 is 14.3 Å². The average molecular weight is 715 g/mol. The molecule has 0 aliphatic carbocycles. The van der Waals surface area contributed by atoms with Gasteiger partial charge in [-0.3, -0.25) is 4.90 Å². The van der Waals surface area contributed by atoms with Gasteiger partial charge in [0.25, 0.3) is 0 Å². The van der Waals surface area contributed by atoms with Crippen molar-refractivity contribution in [2.24, 2.45) is 0 Å². The molecule has 2 amide bonds. The summed E-state index contributed by atoms with van der Waals surface area (Å²) in [6.07, 6.45) is 4.28. The van der Waals surface area contributed by atoms with E-state index in [0.29, 0.717) is 19.7 Å². The lowest BCUT2D eigenvalue weighted by molar-refractivity contribution is -0.0934. The van der Waals surface area contributed by atoms with Gasteiger partial charge in [0.2, 0.25) is 0 Å². The number of benzene rings is 5. The number of ether oxygens (including phenoxy) is 2. The van der Waals surface area contributed by atoms with E-state index in [1.54, 1.807) is 7.11 Å². The van der Waals surface area contributed by atoms with Crippen LogP contribution in [0, 0.1) is 0 Å². The van der Waals surface area contributed by atoms with Crippen LogP contribution in [0.2, 0.25) is 0 Å². The molecule has 248 valence electrons. The summed E-state index contributed by atoms with van der Waals surface area (Å²) in [5, 5.41) is 3.09. The normalized spacial score (nSPS) is 19.9. The first-order chi connectivity index (χ1) is 24.1. The first kappa shape index (κ1) is 32.8. The summed E-state index contributed by atoms with van der Waals surface area (Å²) in [4.78, 5) is 18.1. The van der Waals surface area contributed by atoms with Gasteiger partial charge in [0.05, 0.1) is 13.7 Å². The Kier molecular flexibility index (Phi) is 9.94. The highest BCUT2D eigenvalue weighted by Gasteiger charge is 2.51. The maximum Gasteiger partial charge on any atom is 0.322 e. The van der Waals surface area contributed by atoms with Crippen molar-refractivity contribution in [2.75, 3.05) is 38.7 Å². The zero-order valence-corrected chi connectivity index (χ0v) is 29.1. The Balaban J connectivity index is 1.22. The number of rotatable bonds is 9. The number of halogens is 1. The second kappa shape index (κ2) is 14.8. The van der Waals surface area contributed by atoms with E-state index >= 15 is 0 Å². The van der Waals surface area contributed by atoms with Gasteiger partial charge < -0.3 is 19.7 Å². The summed E-state index contributed by atoms with van der Waals surface area (Å²) in [5.41, 5.74) is 4.40. The molecule has 5 aromatic rings. The third kappa shape index (κ3) is 6.79. The maximum atomic E-state index is 13.7. The molecule has 0 unspecified atom stereocenters. The number of hydrogen-bond donors (Lipinski definition) is 1. The molecule has 0 bridgehead atoms. The summed E-state index contributed by atoms with van der Waals surface area (Å²) < 4.78 is 13.7. The monoisotopic (exact) mass is 713 g/mol. The SMILES string of the molecule is COc1ccc(NC(=O)N2C/C=C\CN3[C@H](COC(c4ccccc4)(c4ccccc4)c4ccccc4)[C@H](c4ccc(Br)cc4)[C@@H]3C2)cc1. The molecule has 7 heteroatoms. The van der Waals surface area contributed by atoms with E-state index in [0.717, 1.165) is 39.1 Å². The van der Waals surface area contributed by atoms with Crippen molar-refractivity contribution in [1.29, 1.82) is 0 Å². The molecule has 1 N–H and O–H groups in total. The van der Waals surface area contributed by atoms with Gasteiger partial charge in [0, 0.05) is 47.8 Å². The molecule has 0 radical (unpaired) electrons. The summed E-state index contributed by atoms with van der Waals surface area (Å²) >= 11 is 3.63. The number of nitrogens with one attached hydrogen (secondary N) is 1. The molecule has 1 saturated heterocycles. The molecule has 6 nitrogen and oxygen atoms in total. The number of fused-ring (bicyclic) bond motifs is 1. The number of hydrogen-bond acceptors (Lipinski definition) is 4. The molecule has 3 atom stereocenters. The van der Waals surface area contributed by atoms with Gasteiger partial charge in [-0.15, -0.1) is 0 Å². The van der Waals surface area contributed by atoms with Crippen LogP contribution in [0.15, 0.2) is 156 Å². The zero-order chi connectivity index (χ0) is 33.6. The highest BCUT2D eigenvalue weighted by Crippen LogP contribution is 2.46. The van der Waals surface area contributed by atoms with Crippen molar-refractivity contribution in [2.45, 2.75) is 23.6 Å². The van der Waals surface area contributed by atoms with Crippen molar-refractivity contribution >= 4 is 27.6 Å². The lowest BCUT2D eigenvalue weighted by Crippen LogP contribution is -2.68. The van der Waals surface area contributed by atoms with Gasteiger partial charge in [-0.05, 0) is 58.7 Å². The Morgan fingerprint density at radius 3 is 1.86 bits per heavy atom. The molecule has 7 rings (SSSR count). The van der Waals surface area contributed by atoms with Crippen LogP contribution in [0.5, 0.6) is 5.75 Å². The second-order valence-electron chi connectivity index (χ2n) is 12.5. The van der Waals surface area contributed by atoms with Gasteiger partial charge in [-0.1, -0.05) is 131 Å². The Morgan fingerprint density at radius 2 is 1.31 bits per heavy atom. The van der Waals surface area contributed by atoms with Gasteiger partial charge in [-0.2, -0.15) is 0 Å². The molecule has 5 aromatic carbocycles. The first-order valence-corrected chi connectivity index (χ1v) is 17.5. The van der Waals surface area contributed by atoms with Crippen LogP contribution in [-0.4, -0.2) is 61.3 Å². The molecule has 2 aliphatic rings. The molecular formula is C42H40BrN3O3. The summed E-state index contributed by atoms with van der Waals surface area (Å²) in [7, 11) is 1.63. The van der Waals surface area contributed by atoms with E-state index in [4.69, 9.17) is 9.47 Å². The van der Waals surface area contributed by atoms with Crippen LogP contribution < -0.4 is 10.1 Å². The van der Waals surface area contributed by atoms with E-state index in [1.807, 2.05) is 47.4 Å². The summed E-state index contributed by atoms with van der Waals surface area (Å²) in [6.45, 7) is 2.40. The lowest BCUT2D eigenvalue weighted by Gasteiger charge is -2.57. The zero-order valence-electron chi connectivity index (χ0n) is 27.5. The highest BCUT2D eigenvalue weighted by molar-refractivity contribution is 9.10. The maximum absolute atomic E-state index is 13.7. The van der Waals surface area contributed by atoms with Gasteiger partial charge in [0.15, 0.2) is 0 Å². The number of carbonyl (C=O) groups excluding carboxylic acids is 1. The second-order valence-corrected chi connectivity index (χ2v) is 13.4. The minimum absolute atomic E-state index is 0.0796. The van der Waals surface area contributed by atoms with Crippen LogP contribution >= 0.6 is 15.9 Å². The van der Waals surface area contributed by atoms with E-state index in [-0.39, 0.29) is 24.0 Å². The minimum atomic E-state index is -0.817. The first-order valence-electron chi connectivity index (χ1n) is 16.7. The predicted molar refractivity (Wildman–Crippen MR) is 199 cm³/mol. The summed E-state index contributed by atoms with van der Waals surface area (Å²) in [6, 6.07) is 47.7. The van der Waals surface area contributed by atoms with E-state index in [2.05, 4.69) is 135 Å². The Bertz CT molecular complexity index is 1750. The average Bonchev–Trinajstić information content (AvgIpc) is 3.14. The molecule has 49 heavy (non-hydrogen) atoms. The molecular weight excluding hydrogens is 674 g/mol. The van der Waals surface area contributed by atoms with Crippen LogP contribution in [0.4, 0.5) is 10.5 Å². The molecule has 1 fully saturated rings. The molecule has 0 spiro atoms. The quantitative estimate of drug-likeness (QED) is 0.123. The third-order valence-electron chi connectivity index (χ3n) is 9.79. The van der Waals surface area contributed by atoms with Gasteiger partial charge in [0.1, 0.15) is 11.4 Å². The third-order valence-corrected chi connectivity index (χ3v) is 10.3. The molecule has 2 aliphatic heterocycles. The van der Waals surface area contributed by atoms with E-state index in [9.17, 15) is 4.79 Å². The number of amides is 2. The molecule has 2 heterocycles. The largest absolute Gasteiger partial charge is 0.497 e. The van der Waals surface area contributed by atoms with Crippen molar-refractivity contribution in [3.05, 3.63) is 178 Å². The van der Waals surface area contributed by atoms with Crippen molar-refractivity contribution in [1.82, 2.24) is 9.80 Å². The Morgan fingerprint density at radius 1 is 0.755 bits per heavy atom. The van der Waals surface area contributed by atoms with Crippen LogP contribution in [0.3, 0.4) is 0 Å². The van der Waals surface area contributed by atoms with Gasteiger partial charge >= 0.3 is 6.03 Å². The number of anilines is 1. The Hall–Kier alpha value is -4.69. The minimum Gasteiger partial charge on any atom is -0.497 e.